The Labute approximate surface area is 157 Å². The number of carbonyl (C=O) groups is 1. The molecule has 0 radical (unpaired) electrons. The standard InChI is InChI=1S/C17H12ClFN4O2S/c1-23(20-9-11-5-6-13(19)8-14(11)16(24)25)17-21-15(22-26-17)10-3-2-4-12(18)7-10/h2-9H,1H3,(H,24,25)/b20-9+. The van der Waals surface area contributed by atoms with Gasteiger partial charge in [-0.3, -0.25) is 0 Å². The van der Waals surface area contributed by atoms with E-state index < -0.39 is 11.8 Å². The highest BCUT2D eigenvalue weighted by Gasteiger charge is 2.12. The third-order valence-corrected chi connectivity index (χ3v) is 4.41. The number of aromatic carboxylic acids is 1. The molecule has 0 fully saturated rings. The Morgan fingerprint density at radius 2 is 2.15 bits per heavy atom. The highest BCUT2D eigenvalue weighted by atomic mass is 35.5. The van der Waals surface area contributed by atoms with Crippen LogP contribution in [0.5, 0.6) is 0 Å². The number of halogens is 2. The van der Waals surface area contributed by atoms with Gasteiger partial charge < -0.3 is 5.11 Å². The van der Waals surface area contributed by atoms with Crippen molar-refractivity contribution < 1.29 is 14.3 Å². The van der Waals surface area contributed by atoms with Gasteiger partial charge in [0.25, 0.3) is 0 Å². The van der Waals surface area contributed by atoms with E-state index in [-0.39, 0.29) is 11.1 Å². The Morgan fingerprint density at radius 1 is 1.35 bits per heavy atom. The van der Waals surface area contributed by atoms with E-state index in [2.05, 4.69) is 14.5 Å². The van der Waals surface area contributed by atoms with Gasteiger partial charge in [0, 0.05) is 34.7 Å². The second-order valence-corrected chi connectivity index (χ2v) is 6.38. The molecule has 0 atom stereocenters. The van der Waals surface area contributed by atoms with E-state index in [1.807, 2.05) is 12.1 Å². The van der Waals surface area contributed by atoms with Crippen LogP contribution in [0.1, 0.15) is 15.9 Å². The summed E-state index contributed by atoms with van der Waals surface area (Å²) >= 11 is 7.11. The lowest BCUT2D eigenvalue weighted by Gasteiger charge is -2.08. The average Bonchev–Trinajstić information content (AvgIpc) is 3.10. The summed E-state index contributed by atoms with van der Waals surface area (Å²) in [6, 6.07) is 10.7. The minimum absolute atomic E-state index is 0.168. The summed E-state index contributed by atoms with van der Waals surface area (Å²) in [6.07, 6.45) is 1.34. The fourth-order valence-corrected chi connectivity index (χ4v) is 2.91. The molecule has 1 aromatic heterocycles. The number of benzene rings is 2. The number of hydrazone groups is 1. The maximum Gasteiger partial charge on any atom is 0.336 e. The molecule has 0 bridgehead atoms. The van der Waals surface area contributed by atoms with Gasteiger partial charge in [-0.2, -0.15) is 14.5 Å². The minimum Gasteiger partial charge on any atom is -0.478 e. The highest BCUT2D eigenvalue weighted by Crippen LogP contribution is 2.25. The molecule has 2 aromatic carbocycles. The van der Waals surface area contributed by atoms with Crippen molar-refractivity contribution in [1.29, 1.82) is 0 Å². The van der Waals surface area contributed by atoms with Crippen LogP contribution >= 0.6 is 23.1 Å². The van der Waals surface area contributed by atoms with E-state index >= 15 is 0 Å². The molecular formula is C17H12ClFN4O2S. The minimum atomic E-state index is -1.23. The molecule has 1 N–H and O–H groups in total. The second-order valence-electron chi connectivity index (χ2n) is 5.22. The third-order valence-electron chi connectivity index (χ3n) is 3.39. The molecule has 132 valence electrons. The molecule has 6 nitrogen and oxygen atoms in total. The fraction of sp³-hybridized carbons (Fsp3) is 0.0588. The number of hydrogen-bond acceptors (Lipinski definition) is 6. The normalized spacial score (nSPS) is 11.0. The van der Waals surface area contributed by atoms with Gasteiger partial charge in [-0.1, -0.05) is 23.7 Å². The van der Waals surface area contributed by atoms with Crippen LogP contribution < -0.4 is 5.01 Å². The van der Waals surface area contributed by atoms with Gasteiger partial charge >= 0.3 is 5.97 Å². The molecule has 0 saturated carbocycles. The quantitative estimate of drug-likeness (QED) is 0.522. The molecule has 3 aromatic rings. The number of nitrogens with zero attached hydrogens (tertiary/aromatic N) is 4. The van der Waals surface area contributed by atoms with E-state index in [0.717, 1.165) is 23.2 Å². The second kappa shape index (κ2) is 7.59. The van der Waals surface area contributed by atoms with Crippen molar-refractivity contribution in [3.63, 3.8) is 0 Å². The van der Waals surface area contributed by atoms with Crippen LogP contribution in [-0.2, 0) is 0 Å². The Hall–Kier alpha value is -2.84. The van der Waals surface area contributed by atoms with Crippen molar-refractivity contribution >= 4 is 40.4 Å². The van der Waals surface area contributed by atoms with Crippen LogP contribution in [0.4, 0.5) is 9.52 Å². The predicted octanol–water partition coefficient (Wildman–Crippen LogP) is 4.17. The fourth-order valence-electron chi connectivity index (χ4n) is 2.12. The molecule has 0 aliphatic heterocycles. The average molecular weight is 391 g/mol. The zero-order valence-corrected chi connectivity index (χ0v) is 15.0. The lowest BCUT2D eigenvalue weighted by Crippen LogP contribution is -2.10. The summed E-state index contributed by atoms with van der Waals surface area (Å²) in [5, 5.41) is 15.9. The molecule has 0 aliphatic carbocycles. The molecule has 9 heteroatoms. The van der Waals surface area contributed by atoms with Gasteiger partial charge in [-0.05, 0) is 30.3 Å². The first kappa shape index (κ1) is 18.0. The molecule has 3 rings (SSSR count). The highest BCUT2D eigenvalue weighted by molar-refractivity contribution is 7.09. The Morgan fingerprint density at radius 3 is 2.88 bits per heavy atom. The first-order valence-corrected chi connectivity index (χ1v) is 8.49. The largest absolute Gasteiger partial charge is 0.478 e. The first-order valence-electron chi connectivity index (χ1n) is 7.34. The van der Waals surface area contributed by atoms with Gasteiger partial charge in [0.05, 0.1) is 11.8 Å². The van der Waals surface area contributed by atoms with E-state index in [1.54, 1.807) is 19.2 Å². The molecular weight excluding hydrogens is 379 g/mol. The monoisotopic (exact) mass is 390 g/mol. The molecule has 0 unspecified atom stereocenters. The van der Waals surface area contributed by atoms with Gasteiger partial charge in [0.1, 0.15) is 5.82 Å². The molecule has 0 aliphatic rings. The van der Waals surface area contributed by atoms with Gasteiger partial charge in [0.15, 0.2) is 5.82 Å². The summed E-state index contributed by atoms with van der Waals surface area (Å²) in [7, 11) is 1.66. The number of carboxylic acid groups (broad SMARTS) is 1. The van der Waals surface area contributed by atoms with E-state index in [9.17, 15) is 9.18 Å². The maximum atomic E-state index is 13.2. The van der Waals surface area contributed by atoms with E-state index in [1.165, 1.54) is 23.4 Å². The summed E-state index contributed by atoms with van der Waals surface area (Å²) in [5.41, 5.74) is 0.897. The number of aromatic nitrogens is 2. The zero-order valence-electron chi connectivity index (χ0n) is 13.4. The van der Waals surface area contributed by atoms with Gasteiger partial charge in [-0.15, -0.1) is 0 Å². The van der Waals surface area contributed by atoms with Gasteiger partial charge in [0.2, 0.25) is 5.13 Å². The Bertz CT molecular complexity index is 992. The number of anilines is 1. The van der Waals surface area contributed by atoms with Crippen LogP contribution in [-0.4, -0.2) is 33.7 Å². The summed E-state index contributed by atoms with van der Waals surface area (Å²) < 4.78 is 17.5. The first-order chi connectivity index (χ1) is 12.4. The van der Waals surface area contributed by atoms with Crippen molar-refractivity contribution in [1.82, 2.24) is 9.36 Å². The number of hydrogen-bond donors (Lipinski definition) is 1. The lowest BCUT2D eigenvalue weighted by atomic mass is 10.1. The lowest BCUT2D eigenvalue weighted by molar-refractivity contribution is 0.0696. The van der Waals surface area contributed by atoms with Crippen LogP contribution in [0.2, 0.25) is 5.02 Å². The third kappa shape index (κ3) is 4.04. The van der Waals surface area contributed by atoms with Crippen LogP contribution in [0.15, 0.2) is 47.6 Å². The molecule has 0 amide bonds. The molecule has 0 saturated heterocycles. The molecule has 26 heavy (non-hydrogen) atoms. The van der Waals surface area contributed by atoms with Crippen LogP contribution in [0.25, 0.3) is 11.4 Å². The topological polar surface area (TPSA) is 78.7 Å². The van der Waals surface area contributed by atoms with Crippen molar-refractivity contribution in [3.05, 3.63) is 64.4 Å². The SMILES string of the molecule is CN(/N=C/c1ccc(F)cc1C(=O)O)c1nc(-c2cccc(Cl)c2)ns1. The maximum absolute atomic E-state index is 13.2. The van der Waals surface area contributed by atoms with Crippen molar-refractivity contribution in [2.75, 3.05) is 12.1 Å². The summed E-state index contributed by atoms with van der Waals surface area (Å²) in [5.74, 6) is -1.33. The van der Waals surface area contributed by atoms with Crippen LogP contribution in [0.3, 0.4) is 0 Å². The smallest absolute Gasteiger partial charge is 0.336 e. The Balaban J connectivity index is 1.82. The summed E-state index contributed by atoms with van der Waals surface area (Å²) in [4.78, 5) is 15.6. The van der Waals surface area contributed by atoms with Gasteiger partial charge in [-0.25, -0.2) is 14.2 Å². The van der Waals surface area contributed by atoms with Crippen LogP contribution in [0, 0.1) is 5.82 Å². The predicted molar refractivity (Wildman–Crippen MR) is 99.7 cm³/mol. The number of rotatable bonds is 5. The summed E-state index contributed by atoms with van der Waals surface area (Å²) in [6.45, 7) is 0. The van der Waals surface area contributed by atoms with Crippen molar-refractivity contribution in [2.24, 2.45) is 5.10 Å². The van der Waals surface area contributed by atoms with Crippen molar-refractivity contribution in [3.8, 4) is 11.4 Å². The van der Waals surface area contributed by atoms with E-state index in [0.29, 0.717) is 16.0 Å². The van der Waals surface area contributed by atoms with Crippen molar-refractivity contribution in [2.45, 2.75) is 0 Å². The molecule has 0 spiro atoms. The molecule has 1 heterocycles. The number of carboxylic acids is 1. The van der Waals surface area contributed by atoms with E-state index in [4.69, 9.17) is 16.7 Å². The Kier molecular flexibility index (Phi) is 5.24. The zero-order chi connectivity index (χ0) is 18.7.